The molecule has 0 bridgehead atoms. The molecule has 2 heteroatoms. The molecule has 0 aliphatic carbocycles. The van der Waals surface area contributed by atoms with E-state index in [-0.39, 0.29) is 0 Å². The molecule has 0 aromatic heterocycles. The van der Waals surface area contributed by atoms with E-state index in [0.717, 1.165) is 11.1 Å². The van der Waals surface area contributed by atoms with Crippen LogP contribution in [0.25, 0.3) is 0 Å². The van der Waals surface area contributed by atoms with Crippen molar-refractivity contribution in [2.75, 3.05) is 0 Å². The summed E-state index contributed by atoms with van der Waals surface area (Å²) in [5.74, 6) is 6.49. The standard InChI is InChI=1S/C15H19Si2/c1-16(2)11-9-14-7-6-8-15(13-14)10-12-17(3,4)5/h6-8,13H,1-5H3. The van der Waals surface area contributed by atoms with Gasteiger partial charge in [0.2, 0.25) is 0 Å². The van der Waals surface area contributed by atoms with Crippen LogP contribution in [0.4, 0.5) is 0 Å². The van der Waals surface area contributed by atoms with E-state index in [1.54, 1.807) is 0 Å². The van der Waals surface area contributed by atoms with E-state index < -0.39 is 16.9 Å². The Morgan fingerprint density at radius 2 is 1.59 bits per heavy atom. The van der Waals surface area contributed by atoms with Crippen LogP contribution in [-0.2, 0) is 0 Å². The van der Waals surface area contributed by atoms with Gasteiger partial charge in [0.1, 0.15) is 16.9 Å². The Morgan fingerprint density at radius 3 is 2.12 bits per heavy atom. The van der Waals surface area contributed by atoms with Gasteiger partial charge in [-0.2, -0.15) is 0 Å². The summed E-state index contributed by atoms with van der Waals surface area (Å²) >= 11 is 0. The highest BCUT2D eigenvalue weighted by Crippen LogP contribution is 2.04. The summed E-state index contributed by atoms with van der Waals surface area (Å²) in [6.45, 7) is 11.2. The van der Waals surface area contributed by atoms with E-state index in [0.29, 0.717) is 0 Å². The van der Waals surface area contributed by atoms with Gasteiger partial charge in [0.15, 0.2) is 0 Å². The van der Waals surface area contributed by atoms with Crippen LogP contribution in [0, 0.1) is 22.9 Å². The van der Waals surface area contributed by atoms with Crippen molar-refractivity contribution in [3.8, 4) is 22.9 Å². The minimum Gasteiger partial charge on any atom is -0.128 e. The van der Waals surface area contributed by atoms with Crippen LogP contribution in [0.1, 0.15) is 11.1 Å². The predicted molar refractivity (Wildman–Crippen MR) is 81.0 cm³/mol. The maximum atomic E-state index is 3.38. The van der Waals surface area contributed by atoms with Gasteiger partial charge in [0.25, 0.3) is 0 Å². The quantitative estimate of drug-likeness (QED) is 0.491. The number of hydrogen-bond acceptors (Lipinski definition) is 0. The number of benzene rings is 1. The molecule has 1 aromatic carbocycles. The molecule has 0 aliphatic rings. The van der Waals surface area contributed by atoms with E-state index in [1.165, 1.54) is 0 Å². The van der Waals surface area contributed by atoms with Crippen molar-refractivity contribution in [1.82, 2.24) is 0 Å². The van der Waals surface area contributed by atoms with Crippen molar-refractivity contribution in [2.24, 2.45) is 0 Å². The van der Waals surface area contributed by atoms with Crippen molar-refractivity contribution < 1.29 is 0 Å². The average Bonchev–Trinajstić information content (AvgIpc) is 2.23. The lowest BCUT2D eigenvalue weighted by Crippen LogP contribution is -2.16. The van der Waals surface area contributed by atoms with Crippen molar-refractivity contribution in [2.45, 2.75) is 32.7 Å². The Morgan fingerprint density at radius 1 is 1.00 bits per heavy atom. The second kappa shape index (κ2) is 5.91. The molecule has 1 aromatic rings. The van der Waals surface area contributed by atoms with E-state index >= 15 is 0 Å². The summed E-state index contributed by atoms with van der Waals surface area (Å²) in [5.41, 5.74) is 8.82. The van der Waals surface area contributed by atoms with Gasteiger partial charge in [-0.15, -0.1) is 11.1 Å². The van der Waals surface area contributed by atoms with Crippen molar-refractivity contribution >= 4 is 16.9 Å². The van der Waals surface area contributed by atoms with E-state index in [4.69, 9.17) is 0 Å². The molecule has 0 saturated carbocycles. The fourth-order valence-corrected chi connectivity index (χ4v) is 2.05. The molecule has 0 atom stereocenters. The van der Waals surface area contributed by atoms with Crippen LogP contribution in [-0.4, -0.2) is 16.9 Å². The van der Waals surface area contributed by atoms with E-state index in [1.807, 2.05) is 6.07 Å². The molecule has 0 heterocycles. The third-order valence-electron chi connectivity index (χ3n) is 1.90. The number of hydrogen-bond donors (Lipinski definition) is 0. The van der Waals surface area contributed by atoms with Gasteiger partial charge in [0.05, 0.1) is 0 Å². The zero-order valence-electron chi connectivity index (χ0n) is 11.3. The largest absolute Gasteiger partial charge is 0.138 e. The Labute approximate surface area is 108 Å². The summed E-state index contributed by atoms with van der Waals surface area (Å²) in [4.78, 5) is 0. The molecule has 1 radical (unpaired) electrons. The van der Waals surface area contributed by atoms with Gasteiger partial charge in [-0.3, -0.25) is 0 Å². The normalized spacial score (nSPS) is 10.2. The summed E-state index contributed by atoms with van der Waals surface area (Å²) in [7, 11) is -1.76. The van der Waals surface area contributed by atoms with Crippen LogP contribution in [0.2, 0.25) is 32.7 Å². The van der Waals surface area contributed by atoms with Crippen molar-refractivity contribution in [3.63, 3.8) is 0 Å². The molecule has 1 rings (SSSR count). The topological polar surface area (TPSA) is 0 Å². The van der Waals surface area contributed by atoms with Crippen LogP contribution >= 0.6 is 0 Å². The molecule has 87 valence electrons. The molecular formula is C15H19Si2. The molecule has 0 spiro atoms. The Hall–Kier alpha value is -1.23. The first-order chi connectivity index (χ1) is 7.87. The minimum absolute atomic E-state index is 0.470. The van der Waals surface area contributed by atoms with Crippen LogP contribution in [0.3, 0.4) is 0 Å². The zero-order valence-corrected chi connectivity index (χ0v) is 13.3. The minimum atomic E-state index is -1.29. The first kappa shape index (κ1) is 13.8. The smallest absolute Gasteiger partial charge is 0.128 e. The third-order valence-corrected chi connectivity index (χ3v) is 3.40. The third kappa shape index (κ3) is 6.17. The van der Waals surface area contributed by atoms with E-state index in [9.17, 15) is 0 Å². The van der Waals surface area contributed by atoms with Gasteiger partial charge in [0, 0.05) is 11.1 Å². The molecule has 17 heavy (non-hydrogen) atoms. The lowest BCUT2D eigenvalue weighted by Gasteiger charge is -2.03. The molecule has 0 unspecified atom stereocenters. The van der Waals surface area contributed by atoms with Crippen LogP contribution in [0.15, 0.2) is 24.3 Å². The summed E-state index contributed by atoms with van der Waals surface area (Å²) in [5, 5.41) is 0. The van der Waals surface area contributed by atoms with Crippen molar-refractivity contribution in [1.29, 1.82) is 0 Å². The molecular weight excluding hydrogens is 236 g/mol. The van der Waals surface area contributed by atoms with Gasteiger partial charge in [-0.1, -0.05) is 50.6 Å². The maximum absolute atomic E-state index is 3.38. The first-order valence-corrected chi connectivity index (χ1v) is 11.8. The molecule has 0 N–H and O–H groups in total. The highest BCUT2D eigenvalue weighted by atomic mass is 28.3. The summed E-state index contributed by atoms with van der Waals surface area (Å²) < 4.78 is 0. The SMILES string of the molecule is C[Si](C)C#Cc1cccc(C#C[Si](C)(C)C)c1. The number of rotatable bonds is 0. The highest BCUT2D eigenvalue weighted by molar-refractivity contribution is 6.83. The molecule has 0 aliphatic heterocycles. The van der Waals surface area contributed by atoms with Gasteiger partial charge >= 0.3 is 0 Å². The summed E-state index contributed by atoms with van der Waals surface area (Å²) in [6, 6.07) is 8.24. The average molecular weight is 255 g/mol. The monoisotopic (exact) mass is 255 g/mol. The van der Waals surface area contributed by atoms with Gasteiger partial charge in [-0.05, 0) is 18.2 Å². The van der Waals surface area contributed by atoms with Gasteiger partial charge in [-0.25, -0.2) is 0 Å². The first-order valence-electron chi connectivity index (χ1n) is 5.82. The molecule has 0 saturated heterocycles. The highest BCUT2D eigenvalue weighted by Gasteiger charge is 2.07. The second-order valence-electron chi connectivity index (χ2n) is 5.33. The molecule has 0 nitrogen and oxygen atoms in total. The zero-order chi connectivity index (χ0) is 12.9. The predicted octanol–water partition coefficient (Wildman–Crippen LogP) is 3.56. The van der Waals surface area contributed by atoms with Gasteiger partial charge < -0.3 is 0 Å². The maximum Gasteiger partial charge on any atom is 0.138 e. The second-order valence-corrected chi connectivity index (χ2v) is 12.3. The molecule has 0 fully saturated rings. The lowest BCUT2D eigenvalue weighted by molar-refractivity contribution is 1.60. The Bertz CT molecular complexity index is 499. The summed E-state index contributed by atoms with van der Waals surface area (Å²) in [6.07, 6.45) is 0. The lowest BCUT2D eigenvalue weighted by atomic mass is 10.1. The Balaban J connectivity index is 2.94. The van der Waals surface area contributed by atoms with E-state index in [2.05, 4.69) is 73.9 Å². The Kier molecular flexibility index (Phi) is 4.81. The molecule has 0 amide bonds. The fourth-order valence-electron chi connectivity index (χ4n) is 1.13. The van der Waals surface area contributed by atoms with Crippen LogP contribution in [0.5, 0.6) is 0 Å². The van der Waals surface area contributed by atoms with Crippen molar-refractivity contribution in [3.05, 3.63) is 35.4 Å². The van der Waals surface area contributed by atoms with Crippen LogP contribution < -0.4 is 0 Å². The fraction of sp³-hybridized carbons (Fsp3) is 0.333.